The summed E-state index contributed by atoms with van der Waals surface area (Å²) >= 11 is 7.11. The number of aromatic nitrogens is 5. The summed E-state index contributed by atoms with van der Waals surface area (Å²) in [6, 6.07) is 8.96. The second kappa shape index (κ2) is 10.8. The third-order valence-corrected chi connectivity index (χ3v) is 6.43. The quantitative estimate of drug-likeness (QED) is 0.205. The summed E-state index contributed by atoms with van der Waals surface area (Å²) in [6.45, 7) is -0.393. The Morgan fingerprint density at radius 3 is 2.64 bits per heavy atom. The van der Waals surface area contributed by atoms with E-state index in [0.29, 0.717) is 5.56 Å². The lowest BCUT2D eigenvalue weighted by atomic mass is 9.91. The molecule has 1 aromatic carbocycles. The Morgan fingerprint density at radius 1 is 1.25 bits per heavy atom. The molecular formula is C22H23ClN6O6S. The number of carboxylic acid groups (broad SMARTS) is 1. The second-order valence-corrected chi connectivity index (χ2v) is 8.92. The average Bonchev–Trinajstić information content (AvgIpc) is 3.54. The van der Waals surface area contributed by atoms with E-state index in [9.17, 15) is 20.1 Å². The van der Waals surface area contributed by atoms with Gasteiger partial charge in [-0.25, -0.2) is 14.8 Å². The third-order valence-electron chi connectivity index (χ3n) is 5.68. The zero-order valence-corrected chi connectivity index (χ0v) is 20.5. The highest BCUT2D eigenvalue weighted by Gasteiger charge is 2.45. The van der Waals surface area contributed by atoms with Gasteiger partial charge < -0.3 is 30.5 Å². The van der Waals surface area contributed by atoms with Crippen molar-refractivity contribution in [2.24, 2.45) is 0 Å². The lowest BCUT2D eigenvalue weighted by Gasteiger charge is -2.32. The molecular weight excluding hydrogens is 512 g/mol. The number of nitrogen functional groups attached to an aromatic ring is 1. The molecule has 4 rings (SSSR count). The molecule has 4 atom stereocenters. The van der Waals surface area contributed by atoms with E-state index in [4.69, 9.17) is 26.8 Å². The first-order chi connectivity index (χ1) is 17.3. The Bertz CT molecular complexity index is 1320. The number of hydrogen-bond donors (Lipinski definition) is 4. The smallest absolute Gasteiger partial charge is 0.342 e. The first kappa shape index (κ1) is 25.9. The number of imidazole rings is 1. The Morgan fingerprint density at radius 2 is 2.00 bits per heavy atom. The van der Waals surface area contributed by atoms with Gasteiger partial charge in [-0.2, -0.15) is 9.97 Å². The lowest BCUT2D eigenvalue weighted by Crippen LogP contribution is -2.46. The largest absolute Gasteiger partial charge is 0.479 e. The van der Waals surface area contributed by atoms with Crippen molar-refractivity contribution in [1.29, 1.82) is 0 Å². The molecule has 36 heavy (non-hydrogen) atoms. The summed E-state index contributed by atoms with van der Waals surface area (Å²) in [5.74, 6) is -1.25. The normalized spacial score (nSPS) is 15.9. The summed E-state index contributed by atoms with van der Waals surface area (Å²) in [4.78, 5) is 28.6. The average molecular weight is 535 g/mol. The molecule has 0 saturated heterocycles. The minimum absolute atomic E-state index is 0.00693. The first-order valence-electron chi connectivity index (χ1n) is 10.6. The molecule has 0 aliphatic rings. The van der Waals surface area contributed by atoms with Crippen LogP contribution in [0.1, 0.15) is 17.5 Å². The van der Waals surface area contributed by atoms with E-state index in [0.717, 1.165) is 4.57 Å². The van der Waals surface area contributed by atoms with E-state index in [-0.39, 0.29) is 34.4 Å². The minimum atomic E-state index is -1.86. The van der Waals surface area contributed by atoms with E-state index >= 15 is 0 Å². The number of aliphatic hydroxyl groups excluding tert-OH is 2. The van der Waals surface area contributed by atoms with Gasteiger partial charge in [-0.1, -0.05) is 30.3 Å². The molecule has 0 bridgehead atoms. The van der Waals surface area contributed by atoms with Crippen LogP contribution in [0.4, 0.5) is 5.82 Å². The molecule has 0 aliphatic carbocycles. The van der Waals surface area contributed by atoms with Crippen LogP contribution >= 0.6 is 22.9 Å². The molecule has 14 heteroatoms. The van der Waals surface area contributed by atoms with Crippen LogP contribution in [0.3, 0.4) is 0 Å². The number of halogens is 1. The van der Waals surface area contributed by atoms with Crippen molar-refractivity contribution in [2.75, 3.05) is 19.5 Å². The number of carboxylic acids is 1. The molecule has 190 valence electrons. The van der Waals surface area contributed by atoms with Crippen LogP contribution in [0.15, 0.2) is 47.5 Å². The molecule has 1 unspecified atom stereocenters. The first-order valence-corrected chi connectivity index (χ1v) is 11.9. The van der Waals surface area contributed by atoms with Crippen molar-refractivity contribution in [2.45, 2.75) is 30.5 Å². The maximum absolute atomic E-state index is 12.6. The van der Waals surface area contributed by atoms with Crippen molar-refractivity contribution < 1.29 is 29.6 Å². The Hall–Kier alpha value is -3.20. The number of benzene rings is 1. The van der Waals surface area contributed by atoms with Crippen LogP contribution < -0.4 is 5.73 Å². The number of hydrogen-bond acceptors (Lipinski definition) is 11. The highest BCUT2D eigenvalue weighted by atomic mass is 35.5. The van der Waals surface area contributed by atoms with Gasteiger partial charge in [0, 0.05) is 18.9 Å². The van der Waals surface area contributed by atoms with Crippen molar-refractivity contribution in [3.8, 4) is 0 Å². The van der Waals surface area contributed by atoms with Gasteiger partial charge in [0.25, 0.3) is 0 Å². The molecule has 3 heterocycles. The molecule has 0 spiro atoms. The van der Waals surface area contributed by atoms with Gasteiger partial charge in [0.1, 0.15) is 17.7 Å². The number of aliphatic hydroxyl groups is 2. The van der Waals surface area contributed by atoms with Crippen molar-refractivity contribution in [3.05, 3.63) is 64.1 Å². The SMILES string of the molecule is CO[C@H](COC(Cc1ccccc1)(C(=O)O)c1cscn1)[C@@H](O)[C@@H](O)n1cnc2c(N)nc(Cl)nc21. The van der Waals surface area contributed by atoms with Gasteiger partial charge >= 0.3 is 5.97 Å². The van der Waals surface area contributed by atoms with Crippen LogP contribution in [0.2, 0.25) is 5.28 Å². The van der Waals surface area contributed by atoms with Crippen LogP contribution in [0.5, 0.6) is 0 Å². The van der Waals surface area contributed by atoms with E-state index in [1.807, 2.05) is 6.07 Å². The van der Waals surface area contributed by atoms with E-state index in [2.05, 4.69) is 19.9 Å². The molecule has 5 N–H and O–H groups in total. The number of anilines is 1. The fourth-order valence-corrected chi connectivity index (χ4v) is 4.54. The third kappa shape index (κ3) is 5.02. The zero-order valence-electron chi connectivity index (χ0n) is 18.9. The van der Waals surface area contributed by atoms with Crippen LogP contribution in [-0.4, -0.2) is 71.7 Å². The number of fused-ring (bicyclic) bond motifs is 1. The minimum Gasteiger partial charge on any atom is -0.479 e. The van der Waals surface area contributed by atoms with Crippen LogP contribution in [0, 0.1) is 0 Å². The van der Waals surface area contributed by atoms with Crippen LogP contribution in [-0.2, 0) is 26.3 Å². The number of methoxy groups -OCH3 is 1. The standard InChI is InChI=1S/C22H23ClN6O6S/c1-34-13(16(30)19(31)29-10-25-15-17(24)27-21(23)28-18(15)29)8-35-22(20(32)33,14-9-36-11-26-14)7-12-5-3-2-4-6-12/h2-6,9-11,13,16,19,30-31H,7-8H2,1H3,(H,32,33)(H2,24,27,28)/t13-,16-,19-,22?/m1/s1. The van der Waals surface area contributed by atoms with Gasteiger partial charge in [0.15, 0.2) is 17.7 Å². The highest BCUT2D eigenvalue weighted by molar-refractivity contribution is 7.07. The molecule has 0 amide bonds. The predicted octanol–water partition coefficient (Wildman–Crippen LogP) is 1.62. The monoisotopic (exact) mass is 534 g/mol. The van der Waals surface area contributed by atoms with Gasteiger partial charge in [0.2, 0.25) is 10.9 Å². The molecule has 4 aromatic rings. The maximum Gasteiger partial charge on any atom is 0.342 e. The summed E-state index contributed by atoms with van der Waals surface area (Å²) in [6.07, 6.45) is -3.15. The van der Waals surface area contributed by atoms with Crippen molar-refractivity contribution >= 4 is 45.9 Å². The maximum atomic E-state index is 12.6. The topological polar surface area (TPSA) is 179 Å². The number of carbonyl (C=O) groups is 1. The van der Waals surface area contributed by atoms with E-state index in [1.165, 1.54) is 30.3 Å². The number of thiazole rings is 1. The summed E-state index contributed by atoms with van der Waals surface area (Å²) in [7, 11) is 1.30. The van der Waals surface area contributed by atoms with Gasteiger partial charge in [-0.15, -0.1) is 11.3 Å². The summed E-state index contributed by atoms with van der Waals surface area (Å²) < 4.78 is 12.5. The molecule has 3 aromatic heterocycles. The predicted molar refractivity (Wildman–Crippen MR) is 130 cm³/mol. The number of nitrogens with two attached hydrogens (primary N) is 1. The van der Waals surface area contributed by atoms with E-state index in [1.54, 1.807) is 29.6 Å². The van der Waals surface area contributed by atoms with Crippen molar-refractivity contribution in [1.82, 2.24) is 24.5 Å². The Balaban J connectivity index is 1.60. The number of rotatable bonds is 11. The fourth-order valence-electron chi connectivity index (χ4n) is 3.75. The van der Waals surface area contributed by atoms with Crippen LogP contribution in [0.25, 0.3) is 11.2 Å². The lowest BCUT2D eigenvalue weighted by molar-refractivity contribution is -0.183. The molecule has 12 nitrogen and oxygen atoms in total. The van der Waals surface area contributed by atoms with Crippen molar-refractivity contribution in [3.63, 3.8) is 0 Å². The van der Waals surface area contributed by atoms with Gasteiger partial charge in [0.05, 0.1) is 24.1 Å². The second-order valence-electron chi connectivity index (χ2n) is 7.86. The number of ether oxygens (including phenoxy) is 2. The summed E-state index contributed by atoms with van der Waals surface area (Å²) in [5, 5.41) is 33.5. The Labute approximate surface area is 213 Å². The molecule has 0 aliphatic heterocycles. The number of nitrogens with zero attached hydrogens (tertiary/aromatic N) is 5. The van der Waals surface area contributed by atoms with Gasteiger partial charge in [-0.3, -0.25) is 4.57 Å². The van der Waals surface area contributed by atoms with E-state index < -0.39 is 36.6 Å². The molecule has 0 saturated carbocycles. The molecule has 0 fully saturated rings. The fraction of sp³-hybridized carbons (Fsp3) is 0.318. The summed E-state index contributed by atoms with van der Waals surface area (Å²) in [5.41, 5.74) is 6.65. The van der Waals surface area contributed by atoms with Gasteiger partial charge in [-0.05, 0) is 17.2 Å². The Kier molecular flexibility index (Phi) is 7.78. The number of aliphatic carboxylic acids is 1. The highest BCUT2D eigenvalue weighted by Crippen LogP contribution is 2.32. The zero-order chi connectivity index (χ0) is 25.9. The molecule has 0 radical (unpaired) electrons.